The summed E-state index contributed by atoms with van der Waals surface area (Å²) in [6.45, 7) is 17.8. The van der Waals surface area contributed by atoms with Crippen LogP contribution in [0, 0.1) is 34.5 Å². The lowest BCUT2D eigenvalue weighted by atomic mass is 9.44. The fourth-order valence-corrected chi connectivity index (χ4v) is 11.4. The maximum atomic E-state index is 12.5. The molecule has 6 rings (SSSR count). The van der Waals surface area contributed by atoms with Gasteiger partial charge in [-0.1, -0.05) is 20.4 Å². The summed E-state index contributed by atoms with van der Waals surface area (Å²) in [5.74, 6) is 2.40. The lowest BCUT2D eigenvalue weighted by molar-refractivity contribution is -0.908. The Bertz CT molecular complexity index is 975. The van der Waals surface area contributed by atoms with Crippen molar-refractivity contribution in [3.63, 3.8) is 0 Å². The summed E-state index contributed by atoms with van der Waals surface area (Å²) < 4.78 is 7.37. The predicted octanol–water partition coefficient (Wildman–Crippen LogP) is 3.68. The van der Waals surface area contributed by atoms with E-state index in [-0.39, 0.29) is 41.2 Å². The molecule has 10 atom stereocenters. The molecule has 0 aromatic carbocycles. The smallest absolute Gasteiger partial charge is 0.302 e. The van der Waals surface area contributed by atoms with Gasteiger partial charge in [0.25, 0.3) is 0 Å². The van der Waals surface area contributed by atoms with E-state index in [1.54, 1.807) is 6.92 Å². The molecule has 2 saturated heterocycles. The molecule has 7 heteroatoms. The molecule has 0 spiro atoms. The fraction of sp³-hybridized carbons (Fsp3) is 0.912. The van der Waals surface area contributed by atoms with Crippen LogP contribution >= 0.6 is 0 Å². The van der Waals surface area contributed by atoms with E-state index in [9.17, 15) is 15.0 Å². The standard InChI is InChI=1S/C34H58N3O4/c1-6-17-37(5)18-15-36(16-19-37)29-21-28-26-8-7-24-20-31(40)30(35-13-10-25(39)11-14-35)22-34(24,4)27(26)9-12-33(28,3)32(29)41-23(2)38/h6,24-32,39-40H,1,7-22H2,2-5H3/q+1/t24?,26-,27-,28+,29?,30?,31?,32?,33+,34+/m1/s1. The first-order chi connectivity index (χ1) is 19.5. The highest BCUT2D eigenvalue weighted by Crippen LogP contribution is 2.67. The van der Waals surface area contributed by atoms with Crippen molar-refractivity contribution in [2.45, 2.75) is 109 Å². The average molecular weight is 573 g/mol. The number of likely N-dealkylation sites (N-methyl/N-ethyl adjacent to an activating group) is 1. The molecule has 41 heavy (non-hydrogen) atoms. The van der Waals surface area contributed by atoms with Crippen molar-refractivity contribution in [3.05, 3.63) is 12.7 Å². The molecule has 2 N–H and O–H groups in total. The van der Waals surface area contributed by atoms with Crippen molar-refractivity contribution in [1.29, 1.82) is 0 Å². The number of piperidine rings is 1. The third kappa shape index (κ3) is 5.24. The Hall–Kier alpha value is -0.990. The zero-order valence-electron chi connectivity index (χ0n) is 26.3. The van der Waals surface area contributed by atoms with Crippen LogP contribution in [0.5, 0.6) is 0 Å². The molecule has 6 aliphatic rings. The molecule has 2 heterocycles. The van der Waals surface area contributed by atoms with Crippen molar-refractivity contribution in [2.24, 2.45) is 34.5 Å². The lowest BCUT2D eigenvalue weighted by Crippen LogP contribution is -2.61. The summed E-state index contributed by atoms with van der Waals surface area (Å²) in [5, 5.41) is 21.4. The van der Waals surface area contributed by atoms with E-state index in [0.717, 1.165) is 88.8 Å². The van der Waals surface area contributed by atoms with Crippen molar-refractivity contribution in [3.8, 4) is 0 Å². The van der Waals surface area contributed by atoms with E-state index in [0.29, 0.717) is 29.7 Å². The van der Waals surface area contributed by atoms with Crippen molar-refractivity contribution in [1.82, 2.24) is 9.80 Å². The number of carbonyl (C=O) groups is 1. The molecule has 6 fully saturated rings. The van der Waals surface area contributed by atoms with Crippen molar-refractivity contribution < 1.29 is 24.2 Å². The van der Waals surface area contributed by atoms with Crippen LogP contribution in [0.25, 0.3) is 0 Å². The predicted molar refractivity (Wildman–Crippen MR) is 161 cm³/mol. The zero-order chi connectivity index (χ0) is 29.2. The second kappa shape index (κ2) is 11.2. The third-order valence-corrected chi connectivity index (χ3v) is 13.8. The van der Waals surface area contributed by atoms with Gasteiger partial charge < -0.3 is 19.4 Å². The second-order valence-electron chi connectivity index (χ2n) is 16.0. The summed E-state index contributed by atoms with van der Waals surface area (Å²) >= 11 is 0. The Morgan fingerprint density at radius 1 is 0.951 bits per heavy atom. The molecule has 4 saturated carbocycles. The first kappa shape index (κ1) is 30.1. The largest absolute Gasteiger partial charge is 0.460 e. The number of ether oxygens (including phenoxy) is 1. The Labute approximate surface area is 248 Å². The minimum absolute atomic E-state index is 0.0200. The van der Waals surface area contributed by atoms with Gasteiger partial charge in [-0.2, -0.15) is 0 Å². The molecule has 0 aromatic heterocycles. The maximum Gasteiger partial charge on any atom is 0.302 e. The number of piperazine rings is 1. The average Bonchev–Trinajstić information content (AvgIpc) is 3.21. The molecule has 0 radical (unpaired) electrons. The second-order valence-corrected chi connectivity index (χ2v) is 16.0. The molecule has 5 unspecified atom stereocenters. The van der Waals surface area contributed by atoms with E-state index in [1.165, 1.54) is 19.3 Å². The van der Waals surface area contributed by atoms with Crippen LogP contribution < -0.4 is 0 Å². The van der Waals surface area contributed by atoms with Gasteiger partial charge in [0, 0.05) is 50.6 Å². The normalized spacial score (nSPS) is 47.2. The van der Waals surface area contributed by atoms with Crippen LogP contribution in [0.1, 0.15) is 78.6 Å². The summed E-state index contributed by atoms with van der Waals surface area (Å²) in [5.41, 5.74) is 0.280. The summed E-state index contributed by atoms with van der Waals surface area (Å²) in [7, 11) is 2.35. The molecule has 232 valence electrons. The maximum absolute atomic E-state index is 12.5. The van der Waals surface area contributed by atoms with E-state index >= 15 is 0 Å². The van der Waals surface area contributed by atoms with Gasteiger partial charge in [-0.3, -0.25) is 14.6 Å². The lowest BCUT2D eigenvalue weighted by Gasteiger charge is -2.62. The number of nitrogens with zero attached hydrogens (tertiary/aromatic N) is 3. The van der Waals surface area contributed by atoms with Gasteiger partial charge in [0.05, 0.1) is 38.9 Å². The Morgan fingerprint density at radius 2 is 1.63 bits per heavy atom. The number of fused-ring (bicyclic) bond motifs is 5. The highest BCUT2D eigenvalue weighted by atomic mass is 16.5. The first-order valence-corrected chi connectivity index (χ1v) is 16.9. The van der Waals surface area contributed by atoms with E-state index in [1.807, 2.05) is 0 Å². The summed E-state index contributed by atoms with van der Waals surface area (Å²) in [6.07, 6.45) is 11.3. The van der Waals surface area contributed by atoms with Crippen LogP contribution in [0.3, 0.4) is 0 Å². The SMILES string of the molecule is C=CC[N+]1(C)CCN(C2C[C@H]3[C@@H]4CCC5CC(O)C(N6CCC(O)CC6)C[C@]5(C)[C@@H]4CC[C@]3(C)C2OC(C)=O)CC1. The number of hydrogen-bond acceptors (Lipinski definition) is 6. The monoisotopic (exact) mass is 572 g/mol. The van der Waals surface area contributed by atoms with Gasteiger partial charge in [-0.25, -0.2) is 0 Å². The topological polar surface area (TPSA) is 73.2 Å². The number of carbonyl (C=O) groups excluding carboxylic acids is 1. The number of aliphatic hydroxyl groups is 2. The zero-order valence-corrected chi connectivity index (χ0v) is 26.3. The van der Waals surface area contributed by atoms with Gasteiger partial charge in [-0.05, 0) is 93.0 Å². The Kier molecular flexibility index (Phi) is 8.19. The van der Waals surface area contributed by atoms with E-state index in [4.69, 9.17) is 4.74 Å². The van der Waals surface area contributed by atoms with Crippen LogP contribution in [0.4, 0.5) is 0 Å². The summed E-state index contributed by atoms with van der Waals surface area (Å²) in [6, 6.07) is 0.536. The van der Waals surface area contributed by atoms with Gasteiger partial charge in [-0.15, -0.1) is 0 Å². The molecule has 0 bridgehead atoms. The van der Waals surface area contributed by atoms with Crippen LogP contribution in [0.2, 0.25) is 0 Å². The van der Waals surface area contributed by atoms with Crippen LogP contribution in [-0.4, -0.2) is 114 Å². The van der Waals surface area contributed by atoms with E-state index in [2.05, 4.69) is 43.3 Å². The van der Waals surface area contributed by atoms with Crippen LogP contribution in [-0.2, 0) is 9.53 Å². The van der Waals surface area contributed by atoms with E-state index < -0.39 is 0 Å². The van der Waals surface area contributed by atoms with Gasteiger partial charge in [0.1, 0.15) is 6.10 Å². The summed E-state index contributed by atoms with van der Waals surface area (Å²) in [4.78, 5) is 17.7. The number of quaternary nitrogens is 1. The quantitative estimate of drug-likeness (QED) is 0.298. The number of likely N-dealkylation sites (tertiary alicyclic amines) is 1. The molecular formula is C34H58N3O4+. The van der Waals surface area contributed by atoms with Crippen LogP contribution in [0.15, 0.2) is 12.7 Å². The number of rotatable bonds is 5. The Morgan fingerprint density at radius 3 is 2.29 bits per heavy atom. The highest BCUT2D eigenvalue weighted by molar-refractivity contribution is 5.66. The minimum atomic E-state index is -0.248. The molecule has 4 aliphatic carbocycles. The molecule has 7 nitrogen and oxygen atoms in total. The number of hydrogen-bond donors (Lipinski definition) is 2. The first-order valence-electron chi connectivity index (χ1n) is 16.9. The fourth-order valence-electron chi connectivity index (χ4n) is 11.4. The molecule has 0 amide bonds. The molecular weight excluding hydrogens is 514 g/mol. The van der Waals surface area contributed by atoms with Crippen molar-refractivity contribution in [2.75, 3.05) is 52.9 Å². The minimum Gasteiger partial charge on any atom is -0.460 e. The molecule has 2 aliphatic heterocycles. The Balaban J connectivity index is 1.23. The highest BCUT2D eigenvalue weighted by Gasteiger charge is 2.65. The third-order valence-electron chi connectivity index (χ3n) is 13.8. The van der Waals surface area contributed by atoms with Gasteiger partial charge in [0.15, 0.2) is 0 Å². The molecule has 0 aromatic rings. The van der Waals surface area contributed by atoms with Gasteiger partial charge >= 0.3 is 5.97 Å². The van der Waals surface area contributed by atoms with Crippen molar-refractivity contribution >= 4 is 5.97 Å². The van der Waals surface area contributed by atoms with Gasteiger partial charge in [0.2, 0.25) is 0 Å². The number of esters is 1. The number of aliphatic hydroxyl groups excluding tert-OH is 2.